The topological polar surface area (TPSA) is 66.5 Å². The SMILES string of the molecule is CS(=O)(=O)N(Cc1ccc(Cl)cc1)c1ccc(C(=O)NCCSCc2c(F)cccc2Cl)cc1. The number of hydrogen-bond acceptors (Lipinski definition) is 4. The lowest BCUT2D eigenvalue weighted by Gasteiger charge is -2.23. The highest BCUT2D eigenvalue weighted by molar-refractivity contribution is 7.98. The molecule has 5 nitrogen and oxygen atoms in total. The molecule has 0 unspecified atom stereocenters. The highest BCUT2D eigenvalue weighted by atomic mass is 35.5. The number of thioether (sulfide) groups is 1. The van der Waals surface area contributed by atoms with Crippen molar-refractivity contribution in [1.82, 2.24) is 5.32 Å². The summed E-state index contributed by atoms with van der Waals surface area (Å²) >= 11 is 13.4. The second-order valence-corrected chi connectivity index (χ2v) is 11.3. The Bertz CT molecular complexity index is 1220. The Labute approximate surface area is 213 Å². The second kappa shape index (κ2) is 11.9. The van der Waals surface area contributed by atoms with Crippen molar-refractivity contribution in [2.75, 3.05) is 22.9 Å². The van der Waals surface area contributed by atoms with E-state index in [1.54, 1.807) is 60.7 Å². The number of anilines is 1. The molecule has 3 rings (SSSR count). The Balaban J connectivity index is 1.55. The molecule has 34 heavy (non-hydrogen) atoms. The maximum absolute atomic E-state index is 13.8. The summed E-state index contributed by atoms with van der Waals surface area (Å²) in [5.41, 5.74) is 2.09. The number of amides is 1. The smallest absolute Gasteiger partial charge is 0.251 e. The van der Waals surface area contributed by atoms with Crippen LogP contribution in [0.4, 0.5) is 10.1 Å². The molecule has 0 bridgehead atoms. The predicted octanol–water partition coefficient (Wildman–Crippen LogP) is 5.76. The number of hydrogen-bond donors (Lipinski definition) is 1. The molecule has 3 aromatic rings. The van der Waals surface area contributed by atoms with Gasteiger partial charge in [0.1, 0.15) is 5.82 Å². The normalized spacial score (nSPS) is 11.3. The van der Waals surface area contributed by atoms with Gasteiger partial charge in [0, 0.05) is 39.2 Å². The third-order valence-corrected chi connectivity index (χ3v) is 7.63. The zero-order chi connectivity index (χ0) is 24.7. The summed E-state index contributed by atoms with van der Waals surface area (Å²) in [7, 11) is -3.55. The first-order chi connectivity index (χ1) is 16.1. The lowest BCUT2D eigenvalue weighted by atomic mass is 10.2. The third-order valence-electron chi connectivity index (χ3n) is 4.90. The molecule has 0 aliphatic heterocycles. The van der Waals surface area contributed by atoms with Crippen LogP contribution in [0.25, 0.3) is 0 Å². The largest absolute Gasteiger partial charge is 0.351 e. The van der Waals surface area contributed by atoms with Gasteiger partial charge in [0.15, 0.2) is 0 Å². The van der Waals surface area contributed by atoms with E-state index in [0.717, 1.165) is 11.8 Å². The van der Waals surface area contributed by atoms with Crippen LogP contribution in [-0.4, -0.2) is 32.9 Å². The molecule has 0 atom stereocenters. The highest BCUT2D eigenvalue weighted by Gasteiger charge is 2.18. The Kier molecular flexibility index (Phi) is 9.24. The van der Waals surface area contributed by atoms with E-state index < -0.39 is 10.0 Å². The van der Waals surface area contributed by atoms with Crippen molar-refractivity contribution in [3.63, 3.8) is 0 Å². The maximum Gasteiger partial charge on any atom is 0.251 e. The molecule has 0 aliphatic rings. The third kappa shape index (κ3) is 7.37. The molecule has 0 saturated heterocycles. The van der Waals surface area contributed by atoms with Crippen molar-refractivity contribution in [2.45, 2.75) is 12.3 Å². The van der Waals surface area contributed by atoms with Gasteiger partial charge in [0.2, 0.25) is 10.0 Å². The van der Waals surface area contributed by atoms with Gasteiger partial charge in [0.05, 0.1) is 18.5 Å². The van der Waals surface area contributed by atoms with Crippen molar-refractivity contribution in [3.05, 3.63) is 99.3 Å². The van der Waals surface area contributed by atoms with Gasteiger partial charge in [-0.15, -0.1) is 0 Å². The van der Waals surface area contributed by atoms with E-state index in [4.69, 9.17) is 23.2 Å². The molecular formula is C24H23Cl2FN2O3S2. The van der Waals surface area contributed by atoms with E-state index in [-0.39, 0.29) is 18.3 Å². The first kappa shape index (κ1) is 26.3. The van der Waals surface area contributed by atoms with Crippen LogP contribution in [0, 0.1) is 5.82 Å². The molecule has 10 heteroatoms. The van der Waals surface area contributed by atoms with Crippen LogP contribution in [0.1, 0.15) is 21.5 Å². The fourth-order valence-corrected chi connectivity index (χ4v) is 5.33. The molecule has 0 fully saturated rings. The molecule has 0 aliphatic carbocycles. The zero-order valence-corrected chi connectivity index (χ0v) is 21.4. The average Bonchev–Trinajstić information content (AvgIpc) is 2.79. The first-order valence-corrected chi connectivity index (χ1v) is 14.0. The van der Waals surface area contributed by atoms with E-state index in [2.05, 4.69) is 5.32 Å². The fraction of sp³-hybridized carbons (Fsp3) is 0.208. The Hall–Kier alpha value is -2.26. The zero-order valence-electron chi connectivity index (χ0n) is 18.3. The van der Waals surface area contributed by atoms with E-state index in [0.29, 0.717) is 44.9 Å². The summed E-state index contributed by atoms with van der Waals surface area (Å²) in [6.45, 7) is 0.536. The van der Waals surface area contributed by atoms with E-state index in [1.165, 1.54) is 22.1 Å². The van der Waals surface area contributed by atoms with Crippen LogP contribution in [0.15, 0.2) is 66.7 Å². The van der Waals surface area contributed by atoms with Gasteiger partial charge in [-0.25, -0.2) is 12.8 Å². The number of benzene rings is 3. The molecule has 3 aromatic carbocycles. The Morgan fingerprint density at radius 2 is 1.71 bits per heavy atom. The van der Waals surface area contributed by atoms with Gasteiger partial charge in [-0.3, -0.25) is 9.10 Å². The van der Waals surface area contributed by atoms with Crippen molar-refractivity contribution in [3.8, 4) is 0 Å². The van der Waals surface area contributed by atoms with Gasteiger partial charge in [-0.1, -0.05) is 41.4 Å². The monoisotopic (exact) mass is 540 g/mol. The summed E-state index contributed by atoms with van der Waals surface area (Å²) in [4.78, 5) is 12.4. The standard InChI is InChI=1S/C24H23Cl2FN2O3S2/c1-34(31,32)29(15-17-5-9-19(25)10-6-17)20-11-7-18(8-12-20)24(30)28-13-14-33-16-21-22(26)3-2-4-23(21)27/h2-12H,13-16H2,1H3,(H,28,30). The van der Waals surface area contributed by atoms with Crippen LogP contribution in [-0.2, 0) is 22.3 Å². The maximum atomic E-state index is 13.8. The van der Waals surface area contributed by atoms with E-state index in [1.807, 2.05) is 0 Å². The quantitative estimate of drug-likeness (QED) is 0.332. The number of halogens is 3. The minimum atomic E-state index is -3.55. The summed E-state index contributed by atoms with van der Waals surface area (Å²) in [5, 5.41) is 3.76. The van der Waals surface area contributed by atoms with Gasteiger partial charge >= 0.3 is 0 Å². The number of carbonyl (C=O) groups excluding carboxylic acids is 1. The van der Waals surface area contributed by atoms with E-state index in [9.17, 15) is 17.6 Å². The molecule has 0 saturated carbocycles. The van der Waals surface area contributed by atoms with Crippen molar-refractivity contribution >= 4 is 56.6 Å². The minimum absolute atomic E-state index is 0.144. The van der Waals surface area contributed by atoms with Crippen molar-refractivity contribution in [2.24, 2.45) is 0 Å². The van der Waals surface area contributed by atoms with Crippen LogP contribution < -0.4 is 9.62 Å². The molecule has 1 N–H and O–H groups in total. The summed E-state index contributed by atoms with van der Waals surface area (Å²) in [6.07, 6.45) is 1.13. The van der Waals surface area contributed by atoms with Crippen LogP contribution in [0.5, 0.6) is 0 Å². The van der Waals surface area contributed by atoms with Crippen molar-refractivity contribution < 1.29 is 17.6 Å². The van der Waals surface area contributed by atoms with Crippen LogP contribution >= 0.6 is 35.0 Å². The molecule has 1 amide bonds. The van der Waals surface area contributed by atoms with Gasteiger partial charge in [-0.2, -0.15) is 11.8 Å². The summed E-state index contributed by atoms with van der Waals surface area (Å²) in [6, 6.07) is 17.9. The van der Waals surface area contributed by atoms with Crippen LogP contribution in [0.2, 0.25) is 10.0 Å². The lowest BCUT2D eigenvalue weighted by molar-refractivity contribution is 0.0956. The molecule has 0 spiro atoms. The molecular weight excluding hydrogens is 518 g/mol. The molecule has 0 radical (unpaired) electrons. The van der Waals surface area contributed by atoms with Crippen molar-refractivity contribution in [1.29, 1.82) is 0 Å². The summed E-state index contributed by atoms with van der Waals surface area (Å²) < 4.78 is 39.8. The number of carbonyl (C=O) groups is 1. The van der Waals surface area contributed by atoms with Gasteiger partial charge < -0.3 is 5.32 Å². The second-order valence-electron chi connectivity index (χ2n) is 7.45. The number of nitrogens with zero attached hydrogens (tertiary/aromatic N) is 1. The lowest BCUT2D eigenvalue weighted by Crippen LogP contribution is -2.29. The van der Waals surface area contributed by atoms with Gasteiger partial charge in [-0.05, 0) is 54.1 Å². The summed E-state index contributed by atoms with van der Waals surface area (Å²) in [5.74, 6) is 0.366. The molecule has 0 heterocycles. The molecule has 0 aromatic heterocycles. The number of rotatable bonds is 10. The van der Waals surface area contributed by atoms with Crippen LogP contribution in [0.3, 0.4) is 0 Å². The Morgan fingerprint density at radius 3 is 2.32 bits per heavy atom. The average molecular weight is 541 g/mol. The number of sulfonamides is 1. The fourth-order valence-electron chi connectivity index (χ4n) is 3.12. The van der Waals surface area contributed by atoms with Gasteiger partial charge in [0.25, 0.3) is 5.91 Å². The first-order valence-electron chi connectivity index (χ1n) is 10.3. The van der Waals surface area contributed by atoms with E-state index >= 15 is 0 Å². The predicted molar refractivity (Wildman–Crippen MR) is 139 cm³/mol. The Morgan fingerprint density at radius 1 is 1.03 bits per heavy atom. The minimum Gasteiger partial charge on any atom is -0.351 e. The molecule has 180 valence electrons. The number of nitrogens with one attached hydrogen (secondary N) is 1. The highest BCUT2D eigenvalue weighted by Crippen LogP contribution is 2.24.